The molecule has 0 spiro atoms. The molecule has 1 aliphatic rings. The van der Waals surface area contributed by atoms with Crippen molar-refractivity contribution in [2.75, 3.05) is 25.6 Å². The van der Waals surface area contributed by atoms with Crippen LogP contribution in [0.5, 0.6) is 0 Å². The Morgan fingerprint density at radius 2 is 2.06 bits per heavy atom. The van der Waals surface area contributed by atoms with Crippen LogP contribution in [0.15, 0.2) is 24.3 Å². The maximum atomic E-state index is 5.41. The van der Waals surface area contributed by atoms with Gasteiger partial charge in [0.2, 0.25) is 0 Å². The predicted molar refractivity (Wildman–Crippen MR) is 70.6 cm³/mol. The molecule has 3 nitrogen and oxygen atoms in total. The Morgan fingerprint density at radius 3 is 2.82 bits per heavy atom. The van der Waals surface area contributed by atoms with Crippen molar-refractivity contribution in [3.05, 3.63) is 30.0 Å². The first-order valence-electron chi connectivity index (χ1n) is 6.25. The van der Waals surface area contributed by atoms with Crippen LogP contribution in [0.25, 0.3) is 10.9 Å². The average molecular weight is 230 g/mol. The first kappa shape index (κ1) is 10.7. The van der Waals surface area contributed by atoms with Crippen LogP contribution >= 0.6 is 0 Å². The second kappa shape index (κ2) is 4.41. The SMILES string of the molecule is CNc1ccc2[nH]c(C3CCOCC3)cc2c1. The molecular formula is C14H18N2O. The van der Waals surface area contributed by atoms with E-state index >= 15 is 0 Å². The summed E-state index contributed by atoms with van der Waals surface area (Å²) in [5.74, 6) is 0.634. The molecule has 90 valence electrons. The lowest BCUT2D eigenvalue weighted by Gasteiger charge is -2.20. The third-order valence-corrected chi connectivity index (χ3v) is 3.59. The molecule has 0 bridgehead atoms. The van der Waals surface area contributed by atoms with Crippen LogP contribution in [0.2, 0.25) is 0 Å². The van der Waals surface area contributed by atoms with Gasteiger partial charge in [-0.15, -0.1) is 0 Å². The van der Waals surface area contributed by atoms with E-state index in [1.165, 1.54) is 16.6 Å². The molecule has 1 fully saturated rings. The van der Waals surface area contributed by atoms with Gasteiger partial charge in [-0.2, -0.15) is 0 Å². The van der Waals surface area contributed by atoms with Crippen molar-refractivity contribution in [2.45, 2.75) is 18.8 Å². The Balaban J connectivity index is 1.95. The monoisotopic (exact) mass is 230 g/mol. The highest BCUT2D eigenvalue weighted by Gasteiger charge is 2.17. The van der Waals surface area contributed by atoms with Crippen molar-refractivity contribution in [1.82, 2.24) is 4.98 Å². The van der Waals surface area contributed by atoms with Gasteiger partial charge in [-0.25, -0.2) is 0 Å². The van der Waals surface area contributed by atoms with E-state index in [9.17, 15) is 0 Å². The number of nitrogens with one attached hydrogen (secondary N) is 2. The zero-order valence-corrected chi connectivity index (χ0v) is 10.1. The van der Waals surface area contributed by atoms with Gasteiger partial charge in [-0.1, -0.05) is 0 Å². The van der Waals surface area contributed by atoms with Crippen molar-refractivity contribution >= 4 is 16.6 Å². The quantitative estimate of drug-likeness (QED) is 0.831. The van der Waals surface area contributed by atoms with E-state index in [1.807, 2.05) is 7.05 Å². The van der Waals surface area contributed by atoms with Gasteiger partial charge in [-0.05, 0) is 37.1 Å². The molecule has 0 radical (unpaired) electrons. The molecule has 2 heterocycles. The standard InChI is InChI=1S/C14H18N2O/c1-15-12-2-3-13-11(8-12)9-14(16-13)10-4-6-17-7-5-10/h2-3,8-10,15-16H,4-7H2,1H3. The predicted octanol–water partition coefficient (Wildman–Crippen LogP) is 3.10. The number of anilines is 1. The molecule has 1 saturated heterocycles. The van der Waals surface area contributed by atoms with Gasteiger partial charge < -0.3 is 15.0 Å². The molecule has 0 amide bonds. The van der Waals surface area contributed by atoms with Crippen LogP contribution < -0.4 is 5.32 Å². The molecule has 0 atom stereocenters. The van der Waals surface area contributed by atoms with Crippen LogP contribution in [-0.4, -0.2) is 25.2 Å². The van der Waals surface area contributed by atoms with Gasteiger partial charge >= 0.3 is 0 Å². The lowest BCUT2D eigenvalue weighted by atomic mass is 9.97. The number of aromatic amines is 1. The van der Waals surface area contributed by atoms with E-state index in [1.54, 1.807) is 0 Å². The summed E-state index contributed by atoms with van der Waals surface area (Å²) in [6.07, 6.45) is 2.26. The highest BCUT2D eigenvalue weighted by Crippen LogP contribution is 2.29. The second-order valence-electron chi connectivity index (χ2n) is 4.66. The number of H-pyrrole nitrogens is 1. The summed E-state index contributed by atoms with van der Waals surface area (Å²) in [6, 6.07) is 8.72. The van der Waals surface area contributed by atoms with Crippen LogP contribution in [0, 0.1) is 0 Å². The minimum absolute atomic E-state index is 0.634. The Bertz CT molecular complexity index is 512. The van der Waals surface area contributed by atoms with Crippen LogP contribution in [0.3, 0.4) is 0 Å². The van der Waals surface area contributed by atoms with E-state index in [0.717, 1.165) is 31.7 Å². The summed E-state index contributed by atoms with van der Waals surface area (Å²) in [6.45, 7) is 1.78. The van der Waals surface area contributed by atoms with Crippen molar-refractivity contribution < 1.29 is 4.74 Å². The highest BCUT2D eigenvalue weighted by atomic mass is 16.5. The summed E-state index contributed by atoms with van der Waals surface area (Å²) in [5, 5.41) is 4.46. The highest BCUT2D eigenvalue weighted by molar-refractivity contribution is 5.84. The Labute approximate surface area is 101 Å². The molecule has 1 aromatic heterocycles. The average Bonchev–Trinajstić information content (AvgIpc) is 2.82. The van der Waals surface area contributed by atoms with Crippen molar-refractivity contribution in [3.63, 3.8) is 0 Å². The minimum Gasteiger partial charge on any atom is -0.388 e. The van der Waals surface area contributed by atoms with E-state index in [0.29, 0.717) is 5.92 Å². The van der Waals surface area contributed by atoms with Gasteiger partial charge in [0.05, 0.1) is 0 Å². The smallest absolute Gasteiger partial charge is 0.0472 e. The molecule has 17 heavy (non-hydrogen) atoms. The number of rotatable bonds is 2. The number of fused-ring (bicyclic) bond motifs is 1. The minimum atomic E-state index is 0.634. The Kier molecular flexibility index (Phi) is 2.77. The molecule has 1 aromatic carbocycles. The summed E-state index contributed by atoms with van der Waals surface area (Å²) in [4.78, 5) is 3.53. The third kappa shape index (κ3) is 2.03. The van der Waals surface area contributed by atoms with E-state index in [4.69, 9.17) is 4.74 Å². The molecule has 3 rings (SSSR count). The molecule has 0 unspecified atom stereocenters. The Hall–Kier alpha value is -1.48. The fourth-order valence-corrected chi connectivity index (χ4v) is 2.54. The number of benzene rings is 1. The summed E-state index contributed by atoms with van der Waals surface area (Å²) >= 11 is 0. The molecule has 2 aromatic rings. The van der Waals surface area contributed by atoms with Crippen LogP contribution in [-0.2, 0) is 4.74 Å². The molecule has 0 saturated carbocycles. The fraction of sp³-hybridized carbons (Fsp3) is 0.429. The maximum Gasteiger partial charge on any atom is 0.0472 e. The van der Waals surface area contributed by atoms with E-state index < -0.39 is 0 Å². The van der Waals surface area contributed by atoms with Crippen molar-refractivity contribution in [2.24, 2.45) is 0 Å². The maximum absolute atomic E-state index is 5.41. The topological polar surface area (TPSA) is 37.0 Å². The number of aromatic nitrogens is 1. The van der Waals surface area contributed by atoms with E-state index in [2.05, 4.69) is 34.6 Å². The summed E-state index contributed by atoms with van der Waals surface area (Å²) in [7, 11) is 1.95. The van der Waals surface area contributed by atoms with Gasteiger partial charge in [0, 0.05) is 48.5 Å². The largest absolute Gasteiger partial charge is 0.388 e. The van der Waals surface area contributed by atoms with E-state index in [-0.39, 0.29) is 0 Å². The lowest BCUT2D eigenvalue weighted by molar-refractivity contribution is 0.0846. The van der Waals surface area contributed by atoms with Crippen molar-refractivity contribution in [1.29, 1.82) is 0 Å². The Morgan fingerprint density at radius 1 is 1.24 bits per heavy atom. The zero-order chi connectivity index (χ0) is 11.7. The normalized spacial score (nSPS) is 17.5. The molecule has 0 aliphatic carbocycles. The molecular weight excluding hydrogens is 212 g/mol. The van der Waals surface area contributed by atoms with Crippen molar-refractivity contribution in [3.8, 4) is 0 Å². The first-order valence-corrected chi connectivity index (χ1v) is 6.25. The van der Waals surface area contributed by atoms with Gasteiger partial charge in [0.25, 0.3) is 0 Å². The molecule has 3 heteroatoms. The number of ether oxygens (including phenoxy) is 1. The molecule has 1 aliphatic heterocycles. The van der Waals surface area contributed by atoms with Crippen LogP contribution in [0.4, 0.5) is 5.69 Å². The van der Waals surface area contributed by atoms with Crippen LogP contribution in [0.1, 0.15) is 24.5 Å². The summed E-state index contributed by atoms with van der Waals surface area (Å²) < 4.78 is 5.41. The van der Waals surface area contributed by atoms with Gasteiger partial charge in [-0.3, -0.25) is 0 Å². The fourth-order valence-electron chi connectivity index (χ4n) is 2.54. The lowest BCUT2D eigenvalue weighted by Crippen LogP contribution is -2.14. The number of hydrogen-bond acceptors (Lipinski definition) is 2. The van der Waals surface area contributed by atoms with Gasteiger partial charge in [0.15, 0.2) is 0 Å². The third-order valence-electron chi connectivity index (χ3n) is 3.59. The summed E-state index contributed by atoms with van der Waals surface area (Å²) in [5.41, 5.74) is 3.75. The first-order chi connectivity index (χ1) is 8.36. The second-order valence-corrected chi connectivity index (χ2v) is 4.66. The zero-order valence-electron chi connectivity index (χ0n) is 10.1. The number of hydrogen-bond donors (Lipinski definition) is 2. The van der Waals surface area contributed by atoms with Gasteiger partial charge in [0.1, 0.15) is 0 Å². The molecule has 2 N–H and O–H groups in total.